The van der Waals surface area contributed by atoms with Crippen LogP contribution < -0.4 is 0 Å². The van der Waals surface area contributed by atoms with E-state index < -0.39 is 17.5 Å². The van der Waals surface area contributed by atoms with Crippen LogP contribution in [0.3, 0.4) is 0 Å². The lowest BCUT2D eigenvalue weighted by Crippen LogP contribution is -2.30. The van der Waals surface area contributed by atoms with E-state index in [1.807, 2.05) is 11.8 Å². The Balaban J connectivity index is 2.26. The normalized spacial score (nSPS) is 15.5. The molecule has 116 valence electrons. The van der Waals surface area contributed by atoms with Gasteiger partial charge < -0.3 is 4.90 Å². The van der Waals surface area contributed by atoms with Gasteiger partial charge in [-0.25, -0.2) is 17.9 Å². The molecule has 0 saturated heterocycles. The van der Waals surface area contributed by atoms with E-state index >= 15 is 0 Å². The average molecular weight is 307 g/mol. The highest BCUT2D eigenvalue weighted by atomic mass is 19.1. The van der Waals surface area contributed by atoms with Crippen molar-refractivity contribution >= 4 is 11.4 Å². The summed E-state index contributed by atoms with van der Waals surface area (Å²) < 4.78 is 43.3. The zero-order chi connectivity index (χ0) is 15.7. The van der Waals surface area contributed by atoms with Crippen molar-refractivity contribution in [2.24, 2.45) is 0 Å². The van der Waals surface area contributed by atoms with Crippen molar-refractivity contribution in [2.45, 2.75) is 19.8 Å². The average Bonchev–Trinajstić information content (AvgIpc) is 3.00. The predicted molar refractivity (Wildman–Crippen MR) is 78.1 cm³/mol. The Morgan fingerprint density at radius 3 is 2.50 bits per heavy atom. The highest BCUT2D eigenvalue weighted by Crippen LogP contribution is 2.35. The molecule has 0 aliphatic carbocycles. The fourth-order valence-corrected chi connectivity index (χ4v) is 2.89. The van der Waals surface area contributed by atoms with Gasteiger partial charge in [0.25, 0.3) is 0 Å². The van der Waals surface area contributed by atoms with Crippen LogP contribution in [0.5, 0.6) is 0 Å². The molecule has 0 fully saturated rings. The Hall–Kier alpha value is -2.24. The van der Waals surface area contributed by atoms with E-state index in [0.29, 0.717) is 37.3 Å². The van der Waals surface area contributed by atoms with E-state index in [2.05, 4.69) is 5.10 Å². The number of rotatable bonds is 3. The minimum Gasteiger partial charge on any atom is -0.370 e. The van der Waals surface area contributed by atoms with E-state index in [9.17, 15) is 13.2 Å². The SMILES string of the molecule is CCN1CCCC(n2cccn2)=C1c1c(F)cc(F)cc1F. The van der Waals surface area contributed by atoms with Crippen LogP contribution in [-0.2, 0) is 0 Å². The molecule has 22 heavy (non-hydrogen) atoms. The number of nitrogens with zero attached hydrogens (tertiary/aromatic N) is 3. The second-order valence-electron chi connectivity index (χ2n) is 5.17. The van der Waals surface area contributed by atoms with Crippen LogP contribution in [0.1, 0.15) is 25.3 Å². The summed E-state index contributed by atoms with van der Waals surface area (Å²) in [6.45, 7) is 3.23. The molecule has 1 aliphatic heterocycles. The van der Waals surface area contributed by atoms with Gasteiger partial charge in [-0.3, -0.25) is 0 Å². The molecule has 3 nitrogen and oxygen atoms in total. The minimum atomic E-state index is -0.918. The van der Waals surface area contributed by atoms with Gasteiger partial charge in [-0.1, -0.05) is 0 Å². The third-order valence-electron chi connectivity index (χ3n) is 3.84. The van der Waals surface area contributed by atoms with Gasteiger partial charge in [-0.2, -0.15) is 5.10 Å². The van der Waals surface area contributed by atoms with Crippen LogP contribution in [-0.4, -0.2) is 27.8 Å². The summed E-state index contributed by atoms with van der Waals surface area (Å²) in [4.78, 5) is 1.90. The van der Waals surface area contributed by atoms with Gasteiger partial charge in [0.1, 0.15) is 17.5 Å². The molecule has 3 rings (SSSR count). The lowest BCUT2D eigenvalue weighted by atomic mass is 10.0. The minimum absolute atomic E-state index is 0.187. The molecule has 2 heterocycles. The van der Waals surface area contributed by atoms with Gasteiger partial charge in [0, 0.05) is 37.6 Å². The summed E-state index contributed by atoms with van der Waals surface area (Å²) in [6, 6.07) is 3.19. The number of benzene rings is 1. The van der Waals surface area contributed by atoms with Crippen molar-refractivity contribution < 1.29 is 13.2 Å². The summed E-state index contributed by atoms with van der Waals surface area (Å²) >= 11 is 0. The number of halogens is 3. The lowest BCUT2D eigenvalue weighted by Gasteiger charge is -2.33. The van der Waals surface area contributed by atoms with Crippen LogP contribution >= 0.6 is 0 Å². The molecule has 6 heteroatoms. The maximum atomic E-state index is 14.2. The first-order valence-corrected chi connectivity index (χ1v) is 7.25. The highest BCUT2D eigenvalue weighted by molar-refractivity contribution is 5.83. The van der Waals surface area contributed by atoms with Gasteiger partial charge >= 0.3 is 0 Å². The topological polar surface area (TPSA) is 21.1 Å². The maximum absolute atomic E-state index is 14.2. The zero-order valence-electron chi connectivity index (χ0n) is 12.2. The van der Waals surface area contributed by atoms with Crippen LogP contribution in [0.4, 0.5) is 13.2 Å². The van der Waals surface area contributed by atoms with Gasteiger partial charge in [0.15, 0.2) is 0 Å². The second kappa shape index (κ2) is 5.87. The van der Waals surface area contributed by atoms with E-state index in [0.717, 1.165) is 12.1 Å². The molecule has 0 N–H and O–H groups in total. The van der Waals surface area contributed by atoms with Gasteiger partial charge in [-0.05, 0) is 25.8 Å². The zero-order valence-corrected chi connectivity index (χ0v) is 12.2. The van der Waals surface area contributed by atoms with Crippen LogP contribution in [0, 0.1) is 17.5 Å². The Bertz CT molecular complexity index is 684. The Morgan fingerprint density at radius 2 is 1.91 bits per heavy atom. The lowest BCUT2D eigenvalue weighted by molar-refractivity contribution is 0.388. The molecular formula is C16H16F3N3. The predicted octanol–water partition coefficient (Wildman–Crippen LogP) is 3.74. The summed E-state index contributed by atoms with van der Waals surface area (Å²) in [5.74, 6) is -2.70. The molecule has 0 bridgehead atoms. The largest absolute Gasteiger partial charge is 0.370 e. The van der Waals surface area contributed by atoms with Crippen molar-refractivity contribution in [3.05, 3.63) is 53.6 Å². The Labute approximate surface area is 126 Å². The third-order valence-corrected chi connectivity index (χ3v) is 3.84. The first kappa shape index (κ1) is 14.7. The molecule has 0 spiro atoms. The monoisotopic (exact) mass is 307 g/mol. The fraction of sp³-hybridized carbons (Fsp3) is 0.312. The summed E-state index contributed by atoms with van der Waals surface area (Å²) in [6.07, 6.45) is 4.89. The Kier molecular flexibility index (Phi) is 3.92. The van der Waals surface area contributed by atoms with Crippen LogP contribution in [0.2, 0.25) is 0 Å². The second-order valence-corrected chi connectivity index (χ2v) is 5.17. The first-order valence-electron chi connectivity index (χ1n) is 7.25. The number of aromatic nitrogens is 2. The van der Waals surface area contributed by atoms with Crippen molar-refractivity contribution in [2.75, 3.05) is 13.1 Å². The number of hydrogen-bond acceptors (Lipinski definition) is 2. The van der Waals surface area contributed by atoms with Crippen LogP contribution in [0.25, 0.3) is 11.4 Å². The summed E-state index contributed by atoms with van der Waals surface area (Å²) in [7, 11) is 0. The molecular weight excluding hydrogens is 291 g/mol. The quantitative estimate of drug-likeness (QED) is 0.861. The molecule has 0 radical (unpaired) electrons. The standard InChI is InChI=1S/C16H16F3N3/c1-2-21-7-3-5-14(22-8-4-6-20-22)16(21)15-12(18)9-11(17)10-13(15)19/h4,6,8-10H,2-3,5,7H2,1H3. The summed E-state index contributed by atoms with van der Waals surface area (Å²) in [5, 5.41) is 4.17. The smallest absolute Gasteiger partial charge is 0.138 e. The van der Waals surface area contributed by atoms with E-state index in [1.165, 1.54) is 0 Å². The maximum Gasteiger partial charge on any atom is 0.138 e. The van der Waals surface area contributed by atoms with Gasteiger partial charge in [-0.15, -0.1) is 0 Å². The molecule has 0 unspecified atom stereocenters. The van der Waals surface area contributed by atoms with Crippen molar-refractivity contribution in [1.82, 2.24) is 14.7 Å². The molecule has 0 atom stereocenters. The van der Waals surface area contributed by atoms with Gasteiger partial charge in [0.05, 0.1) is 17.0 Å². The Morgan fingerprint density at radius 1 is 1.18 bits per heavy atom. The number of allylic oxidation sites excluding steroid dienone is 1. The first-order chi connectivity index (χ1) is 10.6. The van der Waals surface area contributed by atoms with E-state index in [-0.39, 0.29) is 5.56 Å². The van der Waals surface area contributed by atoms with Crippen molar-refractivity contribution in [1.29, 1.82) is 0 Å². The van der Waals surface area contributed by atoms with Crippen molar-refractivity contribution in [3.8, 4) is 0 Å². The molecule has 1 aromatic carbocycles. The van der Waals surface area contributed by atoms with E-state index in [1.54, 1.807) is 23.1 Å². The molecule has 1 aromatic heterocycles. The fourth-order valence-electron chi connectivity index (χ4n) is 2.89. The van der Waals surface area contributed by atoms with Crippen molar-refractivity contribution in [3.63, 3.8) is 0 Å². The van der Waals surface area contributed by atoms with Crippen LogP contribution in [0.15, 0.2) is 30.6 Å². The summed E-state index contributed by atoms with van der Waals surface area (Å²) in [5.41, 5.74) is 0.989. The molecule has 2 aromatic rings. The highest BCUT2D eigenvalue weighted by Gasteiger charge is 2.27. The molecule has 0 saturated carbocycles. The molecule has 0 amide bonds. The number of hydrogen-bond donors (Lipinski definition) is 0. The molecule has 1 aliphatic rings. The van der Waals surface area contributed by atoms with Gasteiger partial charge in [0.2, 0.25) is 0 Å². The van der Waals surface area contributed by atoms with E-state index in [4.69, 9.17) is 0 Å². The third kappa shape index (κ3) is 2.49.